The zero-order valence-electron chi connectivity index (χ0n) is 9.28. The van der Waals surface area contributed by atoms with Gasteiger partial charge in [-0.1, -0.05) is 0 Å². The summed E-state index contributed by atoms with van der Waals surface area (Å²) in [6.45, 7) is 0. The Labute approximate surface area is 102 Å². The number of benzene rings is 1. The molecule has 0 amide bonds. The monoisotopic (exact) mass is 248 g/mol. The van der Waals surface area contributed by atoms with Gasteiger partial charge >= 0.3 is 0 Å². The molecule has 18 heavy (non-hydrogen) atoms. The third-order valence-electron chi connectivity index (χ3n) is 2.90. The first kappa shape index (κ1) is 11.6. The average molecular weight is 248 g/mol. The fourth-order valence-corrected chi connectivity index (χ4v) is 1.84. The maximum absolute atomic E-state index is 11.9. The van der Waals surface area contributed by atoms with Crippen molar-refractivity contribution >= 4 is 40.0 Å². The molecule has 1 aliphatic carbocycles. The van der Waals surface area contributed by atoms with Gasteiger partial charge in [-0.15, -0.1) is 0 Å². The SMILES string of the molecule is NC1=C(N)c2c(N)c(N)c(N)c(N)c2C(=O)C1=O. The Morgan fingerprint density at radius 1 is 0.500 bits per heavy atom. The highest BCUT2D eigenvalue weighted by Crippen LogP contribution is 2.41. The molecule has 2 rings (SSSR count). The molecule has 1 aromatic rings. The number of nitrogens with two attached hydrogens (primary N) is 6. The minimum Gasteiger partial charge on any atom is -0.396 e. The van der Waals surface area contributed by atoms with Gasteiger partial charge in [0.1, 0.15) is 5.70 Å². The topological polar surface area (TPSA) is 190 Å². The standard InChI is InChI=1S/C10H12N6O2/c11-3-1-2(5(13)7(15)6(3)14)9(17)10(18)8(16)4(1)12/h11-16H2. The first-order chi connectivity index (χ1) is 8.29. The van der Waals surface area contributed by atoms with E-state index in [0.717, 1.165) is 0 Å². The molecule has 0 saturated carbocycles. The zero-order valence-corrected chi connectivity index (χ0v) is 9.28. The lowest BCUT2D eigenvalue weighted by molar-refractivity contribution is -0.111. The lowest BCUT2D eigenvalue weighted by atomic mass is 9.87. The number of carbonyl (C=O) groups excluding carboxylic acids is 2. The summed E-state index contributed by atoms with van der Waals surface area (Å²) in [6.07, 6.45) is 0. The Morgan fingerprint density at radius 3 is 1.44 bits per heavy atom. The Balaban J connectivity index is 3.01. The van der Waals surface area contributed by atoms with E-state index in [1.54, 1.807) is 0 Å². The number of carbonyl (C=O) groups is 2. The van der Waals surface area contributed by atoms with Crippen LogP contribution in [-0.4, -0.2) is 11.6 Å². The molecule has 0 radical (unpaired) electrons. The van der Waals surface area contributed by atoms with E-state index in [2.05, 4.69) is 0 Å². The van der Waals surface area contributed by atoms with E-state index >= 15 is 0 Å². The Kier molecular flexibility index (Phi) is 2.12. The number of ketones is 2. The van der Waals surface area contributed by atoms with E-state index in [4.69, 9.17) is 34.4 Å². The second-order valence-corrected chi connectivity index (χ2v) is 3.89. The highest BCUT2D eigenvalue weighted by atomic mass is 16.2. The van der Waals surface area contributed by atoms with Crippen LogP contribution < -0.4 is 34.4 Å². The summed E-state index contributed by atoms with van der Waals surface area (Å²) >= 11 is 0. The molecule has 0 fully saturated rings. The molecule has 0 bridgehead atoms. The second kappa shape index (κ2) is 3.29. The van der Waals surface area contributed by atoms with Crippen LogP contribution in [0.4, 0.5) is 22.7 Å². The van der Waals surface area contributed by atoms with E-state index in [0.29, 0.717) is 0 Å². The van der Waals surface area contributed by atoms with Crippen LogP contribution in [-0.2, 0) is 4.79 Å². The zero-order chi connectivity index (χ0) is 13.8. The molecule has 1 aromatic carbocycles. The lowest BCUT2D eigenvalue weighted by Gasteiger charge is -2.22. The van der Waals surface area contributed by atoms with Crippen LogP contribution in [0.5, 0.6) is 0 Å². The van der Waals surface area contributed by atoms with Crippen molar-refractivity contribution in [2.24, 2.45) is 11.5 Å². The van der Waals surface area contributed by atoms with E-state index in [-0.39, 0.29) is 45.3 Å². The van der Waals surface area contributed by atoms with Crippen molar-refractivity contribution < 1.29 is 9.59 Å². The number of hydrogen-bond donors (Lipinski definition) is 6. The molecule has 8 nitrogen and oxygen atoms in total. The molecule has 8 heteroatoms. The van der Waals surface area contributed by atoms with Gasteiger partial charge in [0.05, 0.1) is 34.0 Å². The van der Waals surface area contributed by atoms with Gasteiger partial charge in [-0.2, -0.15) is 0 Å². The van der Waals surface area contributed by atoms with Gasteiger partial charge in [-0.25, -0.2) is 0 Å². The average Bonchev–Trinajstić information content (AvgIpc) is 2.35. The van der Waals surface area contributed by atoms with Crippen molar-refractivity contribution in [2.75, 3.05) is 22.9 Å². The van der Waals surface area contributed by atoms with Crippen LogP contribution in [0.15, 0.2) is 5.70 Å². The summed E-state index contributed by atoms with van der Waals surface area (Å²) in [6, 6.07) is 0. The van der Waals surface area contributed by atoms with Crippen LogP contribution in [0.1, 0.15) is 15.9 Å². The third kappa shape index (κ3) is 1.14. The van der Waals surface area contributed by atoms with Gasteiger partial charge in [0.2, 0.25) is 5.78 Å². The number of anilines is 4. The second-order valence-electron chi connectivity index (χ2n) is 3.89. The minimum absolute atomic E-state index is 0.00384. The number of nitrogen functional groups attached to an aromatic ring is 4. The molecule has 0 aliphatic heterocycles. The third-order valence-corrected chi connectivity index (χ3v) is 2.90. The largest absolute Gasteiger partial charge is 0.396 e. The first-order valence-corrected chi connectivity index (χ1v) is 4.89. The number of hydrogen-bond acceptors (Lipinski definition) is 8. The summed E-state index contributed by atoms with van der Waals surface area (Å²) in [5.74, 6) is -1.83. The van der Waals surface area contributed by atoms with Crippen molar-refractivity contribution in [2.45, 2.75) is 0 Å². The molecule has 12 N–H and O–H groups in total. The Bertz CT molecular complexity index is 647. The molecule has 0 spiro atoms. The smallest absolute Gasteiger partial charge is 0.251 e. The summed E-state index contributed by atoms with van der Waals surface area (Å²) < 4.78 is 0. The van der Waals surface area contributed by atoms with Gasteiger partial charge in [0.15, 0.2) is 0 Å². The fourth-order valence-electron chi connectivity index (χ4n) is 1.84. The molecule has 94 valence electrons. The molecule has 1 aliphatic rings. The summed E-state index contributed by atoms with van der Waals surface area (Å²) in [5, 5.41) is 0. The van der Waals surface area contributed by atoms with E-state index in [1.807, 2.05) is 0 Å². The van der Waals surface area contributed by atoms with Crippen molar-refractivity contribution in [3.8, 4) is 0 Å². The maximum atomic E-state index is 11.9. The Morgan fingerprint density at radius 2 is 0.944 bits per heavy atom. The van der Waals surface area contributed by atoms with Crippen LogP contribution in [0.2, 0.25) is 0 Å². The quantitative estimate of drug-likeness (QED) is 0.232. The maximum Gasteiger partial charge on any atom is 0.251 e. The van der Waals surface area contributed by atoms with Crippen LogP contribution in [0, 0.1) is 0 Å². The first-order valence-electron chi connectivity index (χ1n) is 4.89. The van der Waals surface area contributed by atoms with Crippen molar-refractivity contribution in [3.05, 3.63) is 16.8 Å². The molecule has 0 atom stereocenters. The summed E-state index contributed by atoms with van der Waals surface area (Å²) in [4.78, 5) is 23.4. The molecule has 0 saturated heterocycles. The lowest BCUT2D eigenvalue weighted by Crippen LogP contribution is -2.32. The number of fused-ring (bicyclic) bond motifs is 1. The van der Waals surface area contributed by atoms with Crippen LogP contribution in [0.3, 0.4) is 0 Å². The normalized spacial score (nSPS) is 14.9. The summed E-state index contributed by atoms with van der Waals surface area (Å²) in [5.41, 5.74) is 33.1. The molecule has 0 aromatic heterocycles. The van der Waals surface area contributed by atoms with E-state index < -0.39 is 11.6 Å². The Hall–Kier alpha value is -2.90. The predicted octanol–water partition coefficient (Wildman–Crippen LogP) is -1.63. The van der Waals surface area contributed by atoms with Crippen molar-refractivity contribution in [1.82, 2.24) is 0 Å². The van der Waals surface area contributed by atoms with E-state index in [9.17, 15) is 9.59 Å². The fraction of sp³-hybridized carbons (Fsp3) is 0. The number of rotatable bonds is 0. The molecular weight excluding hydrogens is 236 g/mol. The molecule has 0 unspecified atom stereocenters. The van der Waals surface area contributed by atoms with E-state index in [1.165, 1.54) is 0 Å². The van der Waals surface area contributed by atoms with Gasteiger partial charge in [0.25, 0.3) is 5.78 Å². The highest BCUT2D eigenvalue weighted by Gasteiger charge is 2.35. The van der Waals surface area contributed by atoms with Gasteiger partial charge in [-0.05, 0) is 0 Å². The predicted molar refractivity (Wildman–Crippen MR) is 68.7 cm³/mol. The van der Waals surface area contributed by atoms with Gasteiger partial charge in [0, 0.05) is 5.56 Å². The van der Waals surface area contributed by atoms with Crippen molar-refractivity contribution in [3.63, 3.8) is 0 Å². The number of allylic oxidation sites excluding steroid dienone is 1. The molecule has 0 heterocycles. The van der Waals surface area contributed by atoms with Crippen molar-refractivity contribution in [1.29, 1.82) is 0 Å². The van der Waals surface area contributed by atoms with Crippen LogP contribution >= 0.6 is 0 Å². The van der Waals surface area contributed by atoms with Gasteiger partial charge in [-0.3, -0.25) is 9.59 Å². The highest BCUT2D eigenvalue weighted by molar-refractivity contribution is 6.53. The number of Topliss-reactive ketones (excluding diaryl/α,β-unsaturated/α-hetero) is 2. The van der Waals surface area contributed by atoms with Crippen LogP contribution in [0.25, 0.3) is 5.70 Å². The van der Waals surface area contributed by atoms with Gasteiger partial charge < -0.3 is 34.4 Å². The summed E-state index contributed by atoms with van der Waals surface area (Å²) in [7, 11) is 0. The minimum atomic E-state index is -0.935. The molecular formula is C10H12N6O2.